The van der Waals surface area contributed by atoms with Crippen LogP contribution in [0.15, 0.2) is 47.4 Å². The van der Waals surface area contributed by atoms with E-state index in [1.807, 2.05) is 13.0 Å². The standard InChI is InChI=1S/C20H25NO3S/c1-14-9-10-19(25(22,23)24)16(3)20(14)18-11-15(2)21(13-18)12-17-7-5-4-6-8-17/h4-10,15,18H,11-13H2,1-3H3,(H,22,23,24). The predicted octanol–water partition coefficient (Wildman–Crippen LogP) is 3.93. The molecule has 1 saturated heterocycles. The van der Waals surface area contributed by atoms with Crippen LogP contribution >= 0.6 is 0 Å². The Labute approximate surface area is 150 Å². The minimum atomic E-state index is -4.19. The summed E-state index contributed by atoms with van der Waals surface area (Å²) in [5.74, 6) is 0.278. The summed E-state index contributed by atoms with van der Waals surface area (Å²) in [7, 11) is -4.19. The van der Waals surface area contributed by atoms with Crippen LogP contribution in [-0.4, -0.2) is 30.5 Å². The molecular formula is C20H25NO3S. The van der Waals surface area contributed by atoms with Gasteiger partial charge < -0.3 is 0 Å². The van der Waals surface area contributed by atoms with Crippen molar-refractivity contribution in [2.75, 3.05) is 6.54 Å². The molecule has 0 aromatic heterocycles. The minimum Gasteiger partial charge on any atom is -0.296 e. The van der Waals surface area contributed by atoms with E-state index in [9.17, 15) is 13.0 Å². The molecule has 1 aliphatic heterocycles. The third-order valence-corrected chi connectivity index (χ3v) is 6.30. The van der Waals surface area contributed by atoms with Crippen molar-refractivity contribution in [3.05, 3.63) is 64.7 Å². The lowest BCUT2D eigenvalue weighted by Gasteiger charge is -2.21. The maximum Gasteiger partial charge on any atom is 0.294 e. The van der Waals surface area contributed by atoms with Gasteiger partial charge in [-0.2, -0.15) is 8.42 Å². The summed E-state index contributed by atoms with van der Waals surface area (Å²) in [6, 6.07) is 14.1. The van der Waals surface area contributed by atoms with E-state index in [4.69, 9.17) is 0 Å². The minimum absolute atomic E-state index is 0.0299. The van der Waals surface area contributed by atoms with Crippen molar-refractivity contribution in [1.29, 1.82) is 0 Å². The molecule has 0 radical (unpaired) electrons. The van der Waals surface area contributed by atoms with E-state index >= 15 is 0 Å². The highest BCUT2D eigenvalue weighted by atomic mass is 32.2. The van der Waals surface area contributed by atoms with Crippen LogP contribution in [0.25, 0.3) is 0 Å². The van der Waals surface area contributed by atoms with Crippen LogP contribution in [0, 0.1) is 13.8 Å². The van der Waals surface area contributed by atoms with Gasteiger partial charge in [0.25, 0.3) is 10.1 Å². The van der Waals surface area contributed by atoms with Crippen LogP contribution in [0.5, 0.6) is 0 Å². The summed E-state index contributed by atoms with van der Waals surface area (Å²) < 4.78 is 32.8. The van der Waals surface area contributed by atoms with Crippen molar-refractivity contribution in [3.8, 4) is 0 Å². The number of aryl methyl sites for hydroxylation is 1. The zero-order chi connectivity index (χ0) is 18.2. The van der Waals surface area contributed by atoms with E-state index in [2.05, 4.69) is 36.1 Å². The zero-order valence-corrected chi connectivity index (χ0v) is 15.8. The first-order valence-electron chi connectivity index (χ1n) is 8.63. The van der Waals surface area contributed by atoms with Crippen molar-refractivity contribution >= 4 is 10.1 Å². The van der Waals surface area contributed by atoms with Crippen LogP contribution < -0.4 is 0 Å². The Morgan fingerprint density at radius 1 is 1.12 bits per heavy atom. The smallest absolute Gasteiger partial charge is 0.294 e. The van der Waals surface area contributed by atoms with Crippen LogP contribution in [-0.2, 0) is 16.7 Å². The Balaban J connectivity index is 1.89. The fourth-order valence-corrected chi connectivity index (χ4v) is 4.83. The van der Waals surface area contributed by atoms with Crippen LogP contribution in [0.2, 0.25) is 0 Å². The van der Waals surface area contributed by atoms with Gasteiger partial charge in [-0.15, -0.1) is 0 Å². The predicted molar refractivity (Wildman–Crippen MR) is 99.4 cm³/mol. The summed E-state index contributed by atoms with van der Waals surface area (Å²) in [6.45, 7) is 7.83. The van der Waals surface area contributed by atoms with Crippen molar-refractivity contribution in [3.63, 3.8) is 0 Å². The third kappa shape index (κ3) is 3.78. The van der Waals surface area contributed by atoms with Gasteiger partial charge in [-0.05, 0) is 61.4 Å². The number of hydrogen-bond acceptors (Lipinski definition) is 3. The van der Waals surface area contributed by atoms with Crippen LogP contribution in [0.1, 0.15) is 41.5 Å². The third-order valence-electron chi connectivity index (χ3n) is 5.30. The molecule has 1 fully saturated rings. The Kier molecular flexibility index (Phi) is 5.00. The van der Waals surface area contributed by atoms with Gasteiger partial charge >= 0.3 is 0 Å². The first kappa shape index (κ1) is 18.1. The quantitative estimate of drug-likeness (QED) is 0.841. The van der Waals surface area contributed by atoms with E-state index in [0.29, 0.717) is 11.6 Å². The van der Waals surface area contributed by atoms with E-state index in [1.54, 1.807) is 13.0 Å². The first-order valence-corrected chi connectivity index (χ1v) is 10.1. The Morgan fingerprint density at radius 3 is 2.44 bits per heavy atom. The van der Waals surface area contributed by atoms with E-state index in [0.717, 1.165) is 30.6 Å². The zero-order valence-electron chi connectivity index (χ0n) is 14.9. The maximum atomic E-state index is 11.6. The summed E-state index contributed by atoms with van der Waals surface area (Å²) in [5, 5.41) is 0. The molecule has 2 aromatic rings. The number of hydrogen-bond donors (Lipinski definition) is 1. The summed E-state index contributed by atoms with van der Waals surface area (Å²) >= 11 is 0. The van der Waals surface area contributed by atoms with Crippen LogP contribution in [0.4, 0.5) is 0 Å². The van der Waals surface area contributed by atoms with Gasteiger partial charge in [0.05, 0.1) is 4.90 Å². The van der Waals surface area contributed by atoms with Crippen molar-refractivity contribution < 1.29 is 13.0 Å². The van der Waals surface area contributed by atoms with Gasteiger partial charge in [-0.25, -0.2) is 0 Å². The molecule has 25 heavy (non-hydrogen) atoms. The van der Waals surface area contributed by atoms with E-state index in [-0.39, 0.29) is 10.8 Å². The maximum absolute atomic E-state index is 11.6. The molecule has 1 heterocycles. The van der Waals surface area contributed by atoms with Gasteiger partial charge in [0.15, 0.2) is 0 Å². The topological polar surface area (TPSA) is 57.6 Å². The fraction of sp³-hybridized carbons (Fsp3) is 0.400. The lowest BCUT2D eigenvalue weighted by Crippen LogP contribution is -2.26. The summed E-state index contributed by atoms with van der Waals surface area (Å²) in [4.78, 5) is 2.47. The lowest BCUT2D eigenvalue weighted by atomic mass is 9.89. The first-order chi connectivity index (χ1) is 11.8. The Morgan fingerprint density at radius 2 is 1.80 bits per heavy atom. The highest BCUT2D eigenvalue weighted by Crippen LogP contribution is 2.37. The molecular weight excluding hydrogens is 334 g/mol. The second kappa shape index (κ2) is 6.90. The van der Waals surface area contributed by atoms with Crippen molar-refractivity contribution in [2.45, 2.75) is 50.6 Å². The lowest BCUT2D eigenvalue weighted by molar-refractivity contribution is 0.259. The fourth-order valence-electron chi connectivity index (χ4n) is 4.10. The van der Waals surface area contributed by atoms with Gasteiger partial charge in [-0.1, -0.05) is 36.4 Å². The van der Waals surface area contributed by atoms with E-state index in [1.165, 1.54) is 11.6 Å². The molecule has 5 heteroatoms. The molecule has 4 nitrogen and oxygen atoms in total. The molecule has 0 amide bonds. The van der Waals surface area contributed by atoms with Crippen molar-refractivity contribution in [2.24, 2.45) is 0 Å². The molecule has 2 unspecified atom stereocenters. The van der Waals surface area contributed by atoms with Gasteiger partial charge in [0.1, 0.15) is 0 Å². The number of rotatable bonds is 4. The Bertz CT molecular complexity index is 862. The monoisotopic (exact) mass is 359 g/mol. The van der Waals surface area contributed by atoms with Gasteiger partial charge in [-0.3, -0.25) is 9.45 Å². The molecule has 0 aliphatic carbocycles. The summed E-state index contributed by atoms with van der Waals surface area (Å²) in [6.07, 6.45) is 0.990. The Hall–Kier alpha value is -1.69. The molecule has 2 aromatic carbocycles. The molecule has 3 rings (SSSR count). The van der Waals surface area contributed by atoms with Crippen LogP contribution in [0.3, 0.4) is 0 Å². The van der Waals surface area contributed by atoms with Gasteiger partial charge in [0.2, 0.25) is 0 Å². The normalized spacial score (nSPS) is 21.6. The highest BCUT2D eigenvalue weighted by Gasteiger charge is 2.32. The second-order valence-electron chi connectivity index (χ2n) is 7.09. The number of likely N-dealkylation sites (tertiary alicyclic amines) is 1. The average Bonchev–Trinajstić information content (AvgIpc) is 2.87. The summed E-state index contributed by atoms with van der Waals surface area (Å²) in [5.41, 5.74) is 4.12. The molecule has 1 N–H and O–H groups in total. The molecule has 1 aliphatic rings. The van der Waals surface area contributed by atoms with Crippen molar-refractivity contribution in [1.82, 2.24) is 4.90 Å². The molecule has 0 saturated carbocycles. The number of benzene rings is 2. The van der Waals surface area contributed by atoms with E-state index < -0.39 is 10.1 Å². The molecule has 0 spiro atoms. The molecule has 0 bridgehead atoms. The largest absolute Gasteiger partial charge is 0.296 e. The second-order valence-corrected chi connectivity index (χ2v) is 8.48. The molecule has 134 valence electrons. The molecule has 2 atom stereocenters. The average molecular weight is 359 g/mol. The highest BCUT2D eigenvalue weighted by molar-refractivity contribution is 7.85. The number of nitrogens with zero attached hydrogens (tertiary/aromatic N) is 1. The SMILES string of the molecule is Cc1ccc(S(=O)(=O)O)c(C)c1C1CC(C)N(Cc2ccccc2)C1. The van der Waals surface area contributed by atoms with Gasteiger partial charge in [0, 0.05) is 19.1 Å².